The molecule has 0 saturated heterocycles. The Morgan fingerprint density at radius 2 is 1.82 bits per heavy atom. The molecule has 3 rings (SSSR count). The van der Waals surface area contributed by atoms with Gasteiger partial charge in [0.25, 0.3) is 0 Å². The fraction of sp³-hybridized carbons (Fsp3) is 0.158. The monoisotopic (exact) mass is 416 g/mol. The molecule has 0 saturated carbocycles. The number of anilines is 1. The molecule has 28 heavy (non-hydrogen) atoms. The van der Waals surface area contributed by atoms with Crippen molar-refractivity contribution in [3.05, 3.63) is 67.0 Å². The summed E-state index contributed by atoms with van der Waals surface area (Å²) >= 11 is 1.51. The molecule has 0 aliphatic rings. The standard InChI is InChI=1S/C19H20N4O3S2/c1-22-13-12-20-19(22)27-16-10-8-15(9-11-16)21-18(24)14-23(2)28(25,26)17-6-4-3-5-7-17/h3-13H,14H2,1-2H3,(H,21,24). The minimum atomic E-state index is -3.71. The second-order valence-corrected chi connectivity index (χ2v) is 9.16. The van der Waals surface area contributed by atoms with E-state index < -0.39 is 15.9 Å². The predicted molar refractivity (Wildman–Crippen MR) is 109 cm³/mol. The average molecular weight is 417 g/mol. The van der Waals surface area contributed by atoms with Crippen molar-refractivity contribution in [1.82, 2.24) is 13.9 Å². The Kier molecular flexibility index (Phi) is 6.18. The lowest BCUT2D eigenvalue weighted by Crippen LogP contribution is -2.34. The molecule has 1 aromatic heterocycles. The molecule has 146 valence electrons. The first kappa shape index (κ1) is 20.1. The van der Waals surface area contributed by atoms with Gasteiger partial charge in [-0.2, -0.15) is 4.31 Å². The summed E-state index contributed by atoms with van der Waals surface area (Å²) in [5.41, 5.74) is 0.597. The smallest absolute Gasteiger partial charge is 0.243 e. The third-order valence-corrected chi connectivity index (χ3v) is 6.84. The molecule has 0 bridgehead atoms. The van der Waals surface area contributed by atoms with Gasteiger partial charge in [0, 0.05) is 37.1 Å². The van der Waals surface area contributed by atoms with Crippen LogP contribution < -0.4 is 5.32 Å². The van der Waals surface area contributed by atoms with Gasteiger partial charge in [-0.3, -0.25) is 4.79 Å². The molecule has 1 amide bonds. The number of benzene rings is 2. The third-order valence-electron chi connectivity index (χ3n) is 3.94. The molecule has 0 aliphatic heterocycles. The van der Waals surface area contributed by atoms with Crippen molar-refractivity contribution in [1.29, 1.82) is 0 Å². The van der Waals surface area contributed by atoms with Crippen LogP contribution >= 0.6 is 11.8 Å². The molecule has 9 heteroatoms. The van der Waals surface area contributed by atoms with Gasteiger partial charge in [-0.25, -0.2) is 13.4 Å². The lowest BCUT2D eigenvalue weighted by atomic mass is 10.3. The molecule has 7 nitrogen and oxygen atoms in total. The van der Waals surface area contributed by atoms with Crippen LogP contribution in [0.5, 0.6) is 0 Å². The van der Waals surface area contributed by atoms with E-state index in [1.807, 2.05) is 29.9 Å². The van der Waals surface area contributed by atoms with Gasteiger partial charge in [0.2, 0.25) is 15.9 Å². The molecule has 0 atom stereocenters. The Labute approximate surface area is 168 Å². The number of carbonyl (C=O) groups is 1. The van der Waals surface area contributed by atoms with Crippen molar-refractivity contribution in [3.63, 3.8) is 0 Å². The van der Waals surface area contributed by atoms with Crippen molar-refractivity contribution < 1.29 is 13.2 Å². The quantitative estimate of drug-likeness (QED) is 0.640. The SMILES string of the molecule is CN(CC(=O)Nc1ccc(Sc2nccn2C)cc1)S(=O)(=O)c1ccccc1. The highest BCUT2D eigenvalue weighted by Gasteiger charge is 2.22. The van der Waals surface area contributed by atoms with Gasteiger partial charge in [0.1, 0.15) is 0 Å². The Bertz CT molecular complexity index is 1050. The van der Waals surface area contributed by atoms with Crippen LogP contribution in [0.25, 0.3) is 0 Å². The number of amides is 1. The number of aryl methyl sites for hydroxylation is 1. The Morgan fingerprint density at radius 3 is 2.43 bits per heavy atom. The van der Waals surface area contributed by atoms with E-state index in [0.29, 0.717) is 5.69 Å². The first-order valence-corrected chi connectivity index (χ1v) is 10.7. The number of nitrogens with zero attached hydrogens (tertiary/aromatic N) is 3. The van der Waals surface area contributed by atoms with Gasteiger partial charge in [0.05, 0.1) is 11.4 Å². The van der Waals surface area contributed by atoms with Crippen LogP contribution in [0, 0.1) is 0 Å². The second-order valence-electron chi connectivity index (χ2n) is 6.07. The highest BCUT2D eigenvalue weighted by molar-refractivity contribution is 7.99. The van der Waals surface area contributed by atoms with Crippen LogP contribution in [0.1, 0.15) is 0 Å². The zero-order valence-electron chi connectivity index (χ0n) is 15.4. The third kappa shape index (κ3) is 4.80. The number of carbonyl (C=O) groups excluding carboxylic acids is 1. The van der Waals surface area contributed by atoms with Crippen LogP contribution in [0.2, 0.25) is 0 Å². The molecule has 2 aromatic carbocycles. The summed E-state index contributed by atoms with van der Waals surface area (Å²) in [5, 5.41) is 3.58. The molecule has 1 heterocycles. The normalized spacial score (nSPS) is 11.5. The van der Waals surface area contributed by atoms with E-state index in [1.54, 1.807) is 36.5 Å². The van der Waals surface area contributed by atoms with Gasteiger partial charge >= 0.3 is 0 Å². The van der Waals surface area contributed by atoms with Crippen LogP contribution in [-0.4, -0.2) is 41.8 Å². The van der Waals surface area contributed by atoms with Crippen molar-refractivity contribution in [2.75, 3.05) is 18.9 Å². The zero-order valence-corrected chi connectivity index (χ0v) is 17.1. The highest BCUT2D eigenvalue weighted by Crippen LogP contribution is 2.26. The summed E-state index contributed by atoms with van der Waals surface area (Å²) < 4.78 is 27.9. The minimum absolute atomic E-state index is 0.154. The van der Waals surface area contributed by atoms with Gasteiger partial charge in [-0.1, -0.05) is 30.0 Å². The number of likely N-dealkylation sites (N-methyl/N-ethyl adjacent to an activating group) is 1. The van der Waals surface area contributed by atoms with Crippen LogP contribution in [0.15, 0.2) is 81.9 Å². The number of aromatic nitrogens is 2. The molecular weight excluding hydrogens is 396 g/mol. The highest BCUT2D eigenvalue weighted by atomic mass is 32.2. The minimum Gasteiger partial charge on any atom is -0.329 e. The summed E-state index contributed by atoms with van der Waals surface area (Å²) in [6.07, 6.45) is 3.61. The van der Waals surface area contributed by atoms with Gasteiger partial charge < -0.3 is 9.88 Å². The maximum Gasteiger partial charge on any atom is 0.243 e. The number of hydrogen-bond acceptors (Lipinski definition) is 5. The largest absolute Gasteiger partial charge is 0.329 e. The first-order chi connectivity index (χ1) is 13.4. The Hall–Kier alpha value is -2.62. The van der Waals surface area contributed by atoms with Crippen LogP contribution in [-0.2, 0) is 21.9 Å². The van der Waals surface area contributed by atoms with Gasteiger partial charge in [-0.15, -0.1) is 0 Å². The van der Waals surface area contributed by atoms with Crippen LogP contribution in [0.4, 0.5) is 5.69 Å². The average Bonchev–Trinajstić information content (AvgIpc) is 3.08. The maximum absolute atomic E-state index is 12.5. The van der Waals surface area contributed by atoms with Gasteiger partial charge in [-0.05, 0) is 36.4 Å². The zero-order chi connectivity index (χ0) is 20.1. The first-order valence-electron chi connectivity index (χ1n) is 8.43. The van der Waals surface area contributed by atoms with Crippen molar-refractivity contribution in [2.45, 2.75) is 14.9 Å². The number of nitrogens with one attached hydrogen (secondary N) is 1. The molecule has 0 aliphatic carbocycles. The van der Waals surface area contributed by atoms with Crippen molar-refractivity contribution in [3.8, 4) is 0 Å². The predicted octanol–water partition coefficient (Wildman–Crippen LogP) is 2.83. The summed E-state index contributed by atoms with van der Waals surface area (Å²) in [6, 6.07) is 15.3. The summed E-state index contributed by atoms with van der Waals surface area (Å²) in [4.78, 5) is 17.6. The van der Waals surface area contributed by atoms with Crippen molar-refractivity contribution >= 4 is 33.4 Å². The lowest BCUT2D eigenvalue weighted by Gasteiger charge is -2.17. The maximum atomic E-state index is 12.5. The lowest BCUT2D eigenvalue weighted by molar-refractivity contribution is -0.116. The molecule has 0 radical (unpaired) electrons. The summed E-state index contributed by atoms with van der Waals surface area (Å²) in [7, 11) is -0.402. The van der Waals surface area contributed by atoms with Crippen LogP contribution in [0.3, 0.4) is 0 Å². The van der Waals surface area contributed by atoms with E-state index in [4.69, 9.17) is 0 Å². The van der Waals surface area contributed by atoms with E-state index in [0.717, 1.165) is 14.4 Å². The van der Waals surface area contributed by atoms with E-state index in [1.165, 1.54) is 30.9 Å². The number of sulfonamides is 1. The van der Waals surface area contributed by atoms with E-state index in [2.05, 4.69) is 10.3 Å². The topological polar surface area (TPSA) is 84.3 Å². The molecular formula is C19H20N4O3S2. The van der Waals surface area contributed by atoms with E-state index in [9.17, 15) is 13.2 Å². The molecule has 0 unspecified atom stereocenters. The van der Waals surface area contributed by atoms with Gasteiger partial charge in [0.15, 0.2) is 5.16 Å². The summed E-state index contributed by atoms with van der Waals surface area (Å²) in [5.74, 6) is -0.411. The number of hydrogen-bond donors (Lipinski definition) is 1. The molecule has 1 N–H and O–H groups in total. The van der Waals surface area contributed by atoms with E-state index >= 15 is 0 Å². The number of rotatable bonds is 7. The number of imidazole rings is 1. The molecule has 0 spiro atoms. The molecule has 3 aromatic rings. The van der Waals surface area contributed by atoms with Crippen molar-refractivity contribution in [2.24, 2.45) is 7.05 Å². The Morgan fingerprint density at radius 1 is 1.14 bits per heavy atom. The Balaban J connectivity index is 1.59. The summed E-state index contributed by atoms with van der Waals surface area (Å²) in [6.45, 7) is -0.277. The fourth-order valence-corrected chi connectivity index (χ4v) is 4.37. The van der Waals surface area contributed by atoms with E-state index in [-0.39, 0.29) is 11.4 Å². The molecule has 0 fully saturated rings. The fourth-order valence-electron chi connectivity index (χ4n) is 2.42. The second kappa shape index (κ2) is 8.59.